The summed E-state index contributed by atoms with van der Waals surface area (Å²) in [6.07, 6.45) is 4.68. The van der Waals surface area contributed by atoms with E-state index in [0.29, 0.717) is 17.2 Å². The molecule has 2 N–H and O–H groups in total. The van der Waals surface area contributed by atoms with Crippen molar-refractivity contribution in [2.24, 2.45) is 7.05 Å². The van der Waals surface area contributed by atoms with E-state index in [4.69, 9.17) is 5.73 Å². The van der Waals surface area contributed by atoms with Crippen LogP contribution in [0.4, 0.5) is 10.2 Å². The van der Waals surface area contributed by atoms with Gasteiger partial charge in [0.15, 0.2) is 0 Å². The number of hydrogen-bond donors (Lipinski definition) is 1. The molecular formula is C17H17FN4. The summed E-state index contributed by atoms with van der Waals surface area (Å²) in [6, 6.07) is 3.89. The molecule has 0 saturated heterocycles. The van der Waals surface area contributed by atoms with E-state index in [1.54, 1.807) is 6.92 Å². The fourth-order valence-corrected chi connectivity index (χ4v) is 3.45. The molecule has 1 aliphatic rings. The topological polar surface area (TPSA) is 56.7 Å². The van der Waals surface area contributed by atoms with Crippen LogP contribution in [0.25, 0.3) is 22.2 Å². The fourth-order valence-electron chi connectivity index (χ4n) is 3.45. The largest absolute Gasteiger partial charge is 0.383 e. The molecule has 112 valence electrons. The first kappa shape index (κ1) is 13.2. The molecule has 1 aromatic carbocycles. The third kappa shape index (κ3) is 1.75. The van der Waals surface area contributed by atoms with Crippen LogP contribution in [0.1, 0.15) is 23.4 Å². The maximum absolute atomic E-state index is 14.9. The number of fused-ring (bicyclic) bond motifs is 2. The Morgan fingerprint density at radius 1 is 1.18 bits per heavy atom. The van der Waals surface area contributed by atoms with Gasteiger partial charge < -0.3 is 10.3 Å². The Morgan fingerprint density at radius 2 is 2.00 bits per heavy atom. The van der Waals surface area contributed by atoms with Gasteiger partial charge in [0.25, 0.3) is 0 Å². The Balaban J connectivity index is 2.04. The zero-order chi connectivity index (χ0) is 15.4. The number of halogens is 1. The van der Waals surface area contributed by atoms with Crippen molar-refractivity contribution in [1.82, 2.24) is 14.5 Å². The minimum Gasteiger partial charge on any atom is -0.383 e. The van der Waals surface area contributed by atoms with Crippen molar-refractivity contribution >= 4 is 16.9 Å². The lowest BCUT2D eigenvalue weighted by molar-refractivity contribution is 0.616. The van der Waals surface area contributed by atoms with Gasteiger partial charge in [-0.2, -0.15) is 0 Å². The lowest BCUT2D eigenvalue weighted by Crippen LogP contribution is -1.99. The minimum atomic E-state index is -0.123. The van der Waals surface area contributed by atoms with Crippen LogP contribution in [0, 0.1) is 12.7 Å². The second kappa shape index (κ2) is 4.53. The van der Waals surface area contributed by atoms with Gasteiger partial charge in [-0.15, -0.1) is 0 Å². The second-order valence-corrected chi connectivity index (χ2v) is 5.93. The number of aryl methyl sites for hydroxylation is 3. The average molecular weight is 296 g/mol. The van der Waals surface area contributed by atoms with E-state index >= 15 is 0 Å². The van der Waals surface area contributed by atoms with Gasteiger partial charge in [-0.05, 0) is 37.3 Å². The van der Waals surface area contributed by atoms with E-state index < -0.39 is 0 Å². The van der Waals surface area contributed by atoms with E-state index in [-0.39, 0.29) is 5.82 Å². The highest BCUT2D eigenvalue weighted by molar-refractivity contribution is 6.01. The molecule has 0 aliphatic heterocycles. The number of hydrogen-bond acceptors (Lipinski definition) is 3. The molecular weight excluding hydrogens is 279 g/mol. The highest BCUT2D eigenvalue weighted by atomic mass is 19.1. The average Bonchev–Trinajstić information content (AvgIpc) is 3.05. The molecule has 4 nitrogen and oxygen atoms in total. The predicted molar refractivity (Wildman–Crippen MR) is 85.1 cm³/mol. The van der Waals surface area contributed by atoms with Gasteiger partial charge in [0, 0.05) is 24.4 Å². The molecule has 0 spiro atoms. The Kier molecular flexibility index (Phi) is 2.73. The molecule has 1 aliphatic carbocycles. The van der Waals surface area contributed by atoms with Crippen LogP contribution in [0.15, 0.2) is 18.3 Å². The highest BCUT2D eigenvalue weighted by Crippen LogP contribution is 2.37. The van der Waals surface area contributed by atoms with Crippen LogP contribution < -0.4 is 5.73 Å². The van der Waals surface area contributed by atoms with Crippen molar-refractivity contribution in [3.05, 3.63) is 41.1 Å². The summed E-state index contributed by atoms with van der Waals surface area (Å²) in [7, 11) is 1.89. The Morgan fingerprint density at radius 3 is 2.82 bits per heavy atom. The zero-order valence-electron chi connectivity index (χ0n) is 12.7. The van der Waals surface area contributed by atoms with Gasteiger partial charge in [0.05, 0.1) is 5.39 Å². The van der Waals surface area contributed by atoms with Crippen molar-refractivity contribution in [1.29, 1.82) is 0 Å². The Bertz CT molecular complexity index is 911. The van der Waals surface area contributed by atoms with Crippen molar-refractivity contribution in [3.8, 4) is 11.1 Å². The SMILES string of the molecule is Cc1nc(N)c2c(-c3ccc4c(c3F)CCC4)cn(C)c2n1. The second-order valence-electron chi connectivity index (χ2n) is 5.93. The number of nitrogens with two attached hydrogens (primary N) is 1. The first-order valence-corrected chi connectivity index (χ1v) is 7.46. The van der Waals surface area contributed by atoms with Gasteiger partial charge in [0.2, 0.25) is 0 Å². The molecule has 0 bridgehead atoms. The minimum absolute atomic E-state index is 0.123. The van der Waals surface area contributed by atoms with Gasteiger partial charge >= 0.3 is 0 Å². The number of benzene rings is 1. The van der Waals surface area contributed by atoms with E-state index in [1.807, 2.05) is 29.9 Å². The molecule has 22 heavy (non-hydrogen) atoms. The van der Waals surface area contributed by atoms with Crippen LogP contribution in [0.5, 0.6) is 0 Å². The van der Waals surface area contributed by atoms with E-state index in [1.165, 1.54) is 0 Å². The van der Waals surface area contributed by atoms with Gasteiger partial charge in [-0.3, -0.25) is 0 Å². The maximum Gasteiger partial charge on any atom is 0.146 e. The van der Waals surface area contributed by atoms with E-state index in [9.17, 15) is 4.39 Å². The molecule has 2 aromatic heterocycles. The van der Waals surface area contributed by atoms with Crippen LogP contribution in [0.2, 0.25) is 0 Å². The summed E-state index contributed by atoms with van der Waals surface area (Å²) in [6.45, 7) is 1.80. The molecule has 0 atom stereocenters. The summed E-state index contributed by atoms with van der Waals surface area (Å²) in [4.78, 5) is 8.67. The lowest BCUT2D eigenvalue weighted by Gasteiger charge is -2.08. The summed E-state index contributed by atoms with van der Waals surface area (Å²) >= 11 is 0. The molecule has 0 saturated carbocycles. The fraction of sp³-hybridized carbons (Fsp3) is 0.294. The zero-order valence-corrected chi connectivity index (χ0v) is 12.7. The monoisotopic (exact) mass is 296 g/mol. The van der Waals surface area contributed by atoms with Crippen LogP contribution >= 0.6 is 0 Å². The maximum atomic E-state index is 14.9. The van der Waals surface area contributed by atoms with Crippen molar-refractivity contribution in [2.45, 2.75) is 26.2 Å². The molecule has 0 fully saturated rings. The van der Waals surface area contributed by atoms with Crippen LogP contribution in [-0.2, 0) is 19.9 Å². The molecule has 0 amide bonds. The highest BCUT2D eigenvalue weighted by Gasteiger charge is 2.22. The summed E-state index contributed by atoms with van der Waals surface area (Å²) < 4.78 is 16.8. The Hall–Kier alpha value is -2.43. The normalized spacial score (nSPS) is 13.8. The van der Waals surface area contributed by atoms with Gasteiger partial charge in [-0.25, -0.2) is 14.4 Å². The number of nitrogen functional groups attached to an aromatic ring is 1. The summed E-state index contributed by atoms with van der Waals surface area (Å²) in [5.74, 6) is 0.896. The summed E-state index contributed by atoms with van der Waals surface area (Å²) in [5, 5.41) is 0.727. The van der Waals surface area contributed by atoms with Gasteiger partial charge in [-0.1, -0.05) is 12.1 Å². The van der Waals surface area contributed by atoms with Crippen LogP contribution in [-0.4, -0.2) is 14.5 Å². The number of nitrogens with zero attached hydrogens (tertiary/aromatic N) is 3. The van der Waals surface area contributed by atoms with Crippen molar-refractivity contribution in [2.75, 3.05) is 5.73 Å². The molecule has 5 heteroatoms. The smallest absolute Gasteiger partial charge is 0.146 e. The molecule has 4 rings (SSSR count). The standard InChI is InChI=1S/C17H17FN4/c1-9-20-16(19)14-13(8-22(2)17(14)21-9)12-7-6-10-4-3-5-11(10)15(12)18/h6-8H,3-5H2,1-2H3,(H2,19,20,21). The molecule has 0 unspecified atom stereocenters. The molecule has 0 radical (unpaired) electrons. The van der Waals surface area contributed by atoms with Crippen molar-refractivity contribution in [3.63, 3.8) is 0 Å². The quantitative estimate of drug-likeness (QED) is 0.750. The van der Waals surface area contributed by atoms with Crippen LogP contribution in [0.3, 0.4) is 0 Å². The first-order chi connectivity index (χ1) is 10.6. The van der Waals surface area contributed by atoms with E-state index in [2.05, 4.69) is 9.97 Å². The Labute approximate surface area is 127 Å². The van der Waals surface area contributed by atoms with Gasteiger partial charge in [0.1, 0.15) is 23.1 Å². The third-order valence-electron chi connectivity index (χ3n) is 4.46. The molecule has 3 aromatic rings. The van der Waals surface area contributed by atoms with Crippen molar-refractivity contribution < 1.29 is 4.39 Å². The lowest BCUT2D eigenvalue weighted by atomic mass is 9.99. The number of aromatic nitrogens is 3. The summed E-state index contributed by atoms with van der Waals surface area (Å²) in [5.41, 5.74) is 10.1. The molecule has 2 heterocycles. The van der Waals surface area contributed by atoms with E-state index in [0.717, 1.165) is 47.0 Å². The predicted octanol–water partition coefficient (Wildman–Crippen LogP) is 3.15. The number of anilines is 1. The third-order valence-corrected chi connectivity index (χ3v) is 4.46. The number of rotatable bonds is 1. The first-order valence-electron chi connectivity index (χ1n) is 7.46.